The molecule has 1 saturated heterocycles. The molecule has 2 amide bonds. The summed E-state index contributed by atoms with van der Waals surface area (Å²) in [6, 6.07) is 11.2. The van der Waals surface area contributed by atoms with Gasteiger partial charge in [-0.25, -0.2) is 0 Å². The Kier molecular flexibility index (Phi) is 5.47. The van der Waals surface area contributed by atoms with Gasteiger partial charge in [-0.15, -0.1) is 0 Å². The molecule has 26 heavy (non-hydrogen) atoms. The van der Waals surface area contributed by atoms with Crippen LogP contribution in [-0.2, 0) is 9.59 Å². The molecule has 136 valence electrons. The van der Waals surface area contributed by atoms with Gasteiger partial charge in [0.2, 0.25) is 11.8 Å². The average Bonchev–Trinajstić information content (AvgIpc) is 3.04. The molecule has 0 aliphatic carbocycles. The average molecular weight is 372 g/mol. The lowest BCUT2D eigenvalue weighted by atomic mass is 10.1. The first-order valence-corrected chi connectivity index (χ1v) is 9.04. The SMILES string of the molecule is Cc1c(Cl)cccc1NC(=O)CNc1cccc(N2CCCC2=O)c1C. The lowest BCUT2D eigenvalue weighted by Gasteiger charge is -2.20. The van der Waals surface area contributed by atoms with Gasteiger partial charge in [0.25, 0.3) is 0 Å². The topological polar surface area (TPSA) is 61.4 Å². The van der Waals surface area contributed by atoms with Crippen LogP contribution in [0.5, 0.6) is 0 Å². The standard InChI is InChI=1S/C20H22ClN3O2/c1-13-15(21)6-3-8-17(13)23-19(25)12-22-16-7-4-9-18(14(16)2)24-11-5-10-20(24)26/h3-4,6-9,22H,5,10-12H2,1-2H3,(H,23,25). The summed E-state index contributed by atoms with van der Waals surface area (Å²) in [5.74, 6) is -0.00292. The molecule has 1 fully saturated rings. The molecule has 1 aliphatic rings. The highest BCUT2D eigenvalue weighted by atomic mass is 35.5. The summed E-state index contributed by atoms with van der Waals surface area (Å²) in [5, 5.41) is 6.65. The van der Waals surface area contributed by atoms with Gasteiger partial charge in [-0.05, 0) is 55.7 Å². The molecule has 0 bridgehead atoms. The zero-order valence-corrected chi connectivity index (χ0v) is 15.7. The van der Waals surface area contributed by atoms with E-state index in [0.29, 0.717) is 17.1 Å². The van der Waals surface area contributed by atoms with Crippen LogP contribution in [0.15, 0.2) is 36.4 Å². The van der Waals surface area contributed by atoms with Crippen LogP contribution >= 0.6 is 11.6 Å². The maximum Gasteiger partial charge on any atom is 0.243 e. The molecule has 0 aromatic heterocycles. The number of carbonyl (C=O) groups excluding carboxylic acids is 2. The van der Waals surface area contributed by atoms with E-state index in [1.807, 2.05) is 43.0 Å². The highest BCUT2D eigenvalue weighted by molar-refractivity contribution is 6.31. The minimum absolute atomic E-state index is 0.129. The van der Waals surface area contributed by atoms with E-state index >= 15 is 0 Å². The minimum Gasteiger partial charge on any atom is -0.376 e. The Morgan fingerprint density at radius 2 is 1.85 bits per heavy atom. The first-order chi connectivity index (χ1) is 12.5. The highest BCUT2D eigenvalue weighted by Crippen LogP contribution is 2.30. The van der Waals surface area contributed by atoms with Gasteiger partial charge in [0.15, 0.2) is 0 Å². The Balaban J connectivity index is 1.67. The minimum atomic E-state index is -0.155. The van der Waals surface area contributed by atoms with Crippen molar-refractivity contribution in [3.63, 3.8) is 0 Å². The van der Waals surface area contributed by atoms with E-state index in [1.54, 1.807) is 12.1 Å². The molecule has 0 spiro atoms. The fraction of sp³-hybridized carbons (Fsp3) is 0.300. The van der Waals surface area contributed by atoms with Gasteiger partial charge in [0.1, 0.15) is 0 Å². The quantitative estimate of drug-likeness (QED) is 0.830. The summed E-state index contributed by atoms with van der Waals surface area (Å²) in [6.45, 7) is 4.70. The Morgan fingerprint density at radius 3 is 2.58 bits per heavy atom. The largest absolute Gasteiger partial charge is 0.376 e. The molecule has 0 atom stereocenters. The maximum atomic E-state index is 12.3. The van der Waals surface area contributed by atoms with Gasteiger partial charge >= 0.3 is 0 Å². The van der Waals surface area contributed by atoms with Crippen molar-refractivity contribution in [3.05, 3.63) is 52.5 Å². The van der Waals surface area contributed by atoms with Gasteiger partial charge in [-0.3, -0.25) is 9.59 Å². The summed E-state index contributed by atoms with van der Waals surface area (Å²) in [6.07, 6.45) is 1.48. The van der Waals surface area contributed by atoms with Gasteiger partial charge < -0.3 is 15.5 Å². The van der Waals surface area contributed by atoms with Crippen LogP contribution < -0.4 is 15.5 Å². The predicted octanol–water partition coefficient (Wildman–Crippen LogP) is 4.13. The summed E-state index contributed by atoms with van der Waals surface area (Å²) in [5.41, 5.74) is 4.27. The summed E-state index contributed by atoms with van der Waals surface area (Å²) >= 11 is 6.08. The van der Waals surface area contributed by atoms with Crippen molar-refractivity contribution in [1.29, 1.82) is 0 Å². The second-order valence-corrected chi connectivity index (χ2v) is 6.82. The molecule has 5 nitrogen and oxygen atoms in total. The third-order valence-corrected chi connectivity index (χ3v) is 5.06. The monoisotopic (exact) mass is 371 g/mol. The first kappa shape index (κ1) is 18.3. The molecular weight excluding hydrogens is 350 g/mol. The zero-order valence-electron chi connectivity index (χ0n) is 14.9. The van der Waals surface area contributed by atoms with Crippen molar-refractivity contribution in [2.24, 2.45) is 0 Å². The molecule has 0 saturated carbocycles. The van der Waals surface area contributed by atoms with Crippen molar-refractivity contribution >= 4 is 40.5 Å². The van der Waals surface area contributed by atoms with Crippen LogP contribution in [-0.4, -0.2) is 24.9 Å². The van der Waals surface area contributed by atoms with E-state index in [-0.39, 0.29) is 18.4 Å². The van der Waals surface area contributed by atoms with Crippen LogP contribution in [0.1, 0.15) is 24.0 Å². The lowest BCUT2D eigenvalue weighted by Crippen LogP contribution is -2.25. The Labute approximate surface area is 158 Å². The molecule has 2 aromatic rings. The third-order valence-electron chi connectivity index (χ3n) is 4.65. The third kappa shape index (κ3) is 3.83. The van der Waals surface area contributed by atoms with E-state index in [9.17, 15) is 9.59 Å². The number of carbonyl (C=O) groups is 2. The molecular formula is C20H22ClN3O2. The molecule has 2 N–H and O–H groups in total. The van der Waals surface area contributed by atoms with Crippen LogP contribution in [0.25, 0.3) is 0 Å². The van der Waals surface area contributed by atoms with Gasteiger partial charge in [0.05, 0.1) is 6.54 Å². The number of rotatable bonds is 5. The number of benzene rings is 2. The molecule has 0 unspecified atom stereocenters. The Morgan fingerprint density at radius 1 is 1.12 bits per heavy atom. The summed E-state index contributed by atoms with van der Waals surface area (Å²) < 4.78 is 0. The van der Waals surface area contributed by atoms with Gasteiger partial charge in [-0.1, -0.05) is 23.7 Å². The van der Waals surface area contributed by atoms with Gasteiger partial charge in [0, 0.05) is 35.1 Å². The van der Waals surface area contributed by atoms with Crippen molar-refractivity contribution in [2.75, 3.05) is 28.6 Å². The molecule has 2 aromatic carbocycles. The van der Waals surface area contributed by atoms with Crippen molar-refractivity contribution in [1.82, 2.24) is 0 Å². The molecule has 3 rings (SSSR count). The van der Waals surface area contributed by atoms with Crippen LogP contribution in [0.2, 0.25) is 5.02 Å². The van der Waals surface area contributed by atoms with E-state index in [0.717, 1.165) is 35.5 Å². The predicted molar refractivity (Wildman–Crippen MR) is 106 cm³/mol. The van der Waals surface area contributed by atoms with Crippen molar-refractivity contribution < 1.29 is 9.59 Å². The number of anilines is 3. The Hall–Kier alpha value is -2.53. The van der Waals surface area contributed by atoms with Crippen LogP contribution in [0.3, 0.4) is 0 Å². The zero-order chi connectivity index (χ0) is 18.7. The number of halogens is 1. The van der Waals surface area contributed by atoms with Crippen LogP contribution in [0, 0.1) is 13.8 Å². The molecule has 0 radical (unpaired) electrons. The molecule has 6 heteroatoms. The van der Waals surface area contributed by atoms with E-state index in [2.05, 4.69) is 10.6 Å². The highest BCUT2D eigenvalue weighted by Gasteiger charge is 2.23. The smallest absolute Gasteiger partial charge is 0.243 e. The lowest BCUT2D eigenvalue weighted by molar-refractivity contribution is -0.117. The number of nitrogens with zero attached hydrogens (tertiary/aromatic N) is 1. The fourth-order valence-corrected chi connectivity index (χ4v) is 3.30. The first-order valence-electron chi connectivity index (χ1n) is 8.66. The second-order valence-electron chi connectivity index (χ2n) is 6.41. The van der Waals surface area contributed by atoms with E-state index in [1.165, 1.54) is 0 Å². The molecule has 1 aliphatic heterocycles. The van der Waals surface area contributed by atoms with Crippen molar-refractivity contribution in [3.8, 4) is 0 Å². The number of nitrogens with one attached hydrogen (secondary N) is 2. The van der Waals surface area contributed by atoms with Crippen molar-refractivity contribution in [2.45, 2.75) is 26.7 Å². The summed E-state index contributed by atoms with van der Waals surface area (Å²) in [7, 11) is 0. The number of hydrogen-bond donors (Lipinski definition) is 2. The maximum absolute atomic E-state index is 12.3. The fourth-order valence-electron chi connectivity index (χ4n) is 3.12. The van der Waals surface area contributed by atoms with E-state index < -0.39 is 0 Å². The van der Waals surface area contributed by atoms with E-state index in [4.69, 9.17) is 11.6 Å². The second kappa shape index (κ2) is 7.79. The Bertz CT molecular complexity index is 851. The van der Waals surface area contributed by atoms with Crippen LogP contribution in [0.4, 0.5) is 17.1 Å². The molecule has 1 heterocycles. The normalized spacial score (nSPS) is 13.8. The summed E-state index contributed by atoms with van der Waals surface area (Å²) in [4.78, 5) is 26.1. The number of hydrogen-bond acceptors (Lipinski definition) is 3. The number of amides is 2. The van der Waals surface area contributed by atoms with Gasteiger partial charge in [-0.2, -0.15) is 0 Å².